The van der Waals surface area contributed by atoms with Gasteiger partial charge in [-0.05, 0) is 24.3 Å². The molecule has 2 heterocycles. The van der Waals surface area contributed by atoms with E-state index in [0.29, 0.717) is 12.2 Å². The van der Waals surface area contributed by atoms with E-state index >= 15 is 0 Å². The molecule has 2 aliphatic heterocycles. The Balaban J connectivity index is 1.88. The molecule has 0 aliphatic carbocycles. The Morgan fingerprint density at radius 3 is 2.90 bits per heavy atom. The number of urea groups is 1. The molecule has 106 valence electrons. The number of nitrogens with one attached hydrogen (secondary N) is 1. The number of benzene rings is 1. The van der Waals surface area contributed by atoms with Crippen LogP contribution in [0, 0.1) is 5.82 Å². The average molecular weight is 315 g/mol. The lowest BCUT2D eigenvalue weighted by atomic mass is 9.99. The van der Waals surface area contributed by atoms with E-state index in [2.05, 4.69) is 5.32 Å². The molecule has 2 fully saturated rings. The number of carbonyl (C=O) groups is 2. The summed E-state index contributed by atoms with van der Waals surface area (Å²) in [4.78, 5) is 25.5. The van der Waals surface area contributed by atoms with Gasteiger partial charge in [0.05, 0.1) is 6.54 Å². The Morgan fingerprint density at radius 2 is 2.25 bits per heavy atom. The molecule has 1 N–H and O–H groups in total. The van der Waals surface area contributed by atoms with Gasteiger partial charge in [-0.1, -0.05) is 17.7 Å². The van der Waals surface area contributed by atoms with Gasteiger partial charge in [0.15, 0.2) is 0 Å². The highest BCUT2D eigenvalue weighted by molar-refractivity contribution is 7.99. The first-order valence-electron chi connectivity index (χ1n) is 6.18. The van der Waals surface area contributed by atoms with Gasteiger partial charge < -0.3 is 5.32 Å². The van der Waals surface area contributed by atoms with Gasteiger partial charge in [-0.3, -0.25) is 9.69 Å². The molecule has 2 saturated heterocycles. The minimum Gasteiger partial charge on any atom is -0.322 e. The van der Waals surface area contributed by atoms with Gasteiger partial charge >= 0.3 is 6.03 Å². The van der Waals surface area contributed by atoms with Crippen molar-refractivity contribution in [2.45, 2.75) is 18.5 Å². The number of nitrogens with zero attached hydrogens (tertiary/aromatic N) is 1. The molecule has 0 bridgehead atoms. The Kier molecular flexibility index (Phi) is 3.38. The number of imide groups is 1. The summed E-state index contributed by atoms with van der Waals surface area (Å²) in [6.45, 7) is -0.136. The first-order chi connectivity index (χ1) is 9.53. The topological polar surface area (TPSA) is 49.4 Å². The molecule has 1 aromatic carbocycles. The summed E-state index contributed by atoms with van der Waals surface area (Å²) in [7, 11) is 0. The van der Waals surface area contributed by atoms with Gasteiger partial charge in [0.25, 0.3) is 5.91 Å². The summed E-state index contributed by atoms with van der Waals surface area (Å²) in [5, 5.41) is 2.95. The summed E-state index contributed by atoms with van der Waals surface area (Å²) in [5.74, 6) is 0.603. The molecule has 2 aliphatic rings. The highest BCUT2D eigenvalue weighted by atomic mass is 35.5. The molecule has 20 heavy (non-hydrogen) atoms. The fourth-order valence-corrected chi connectivity index (χ4v) is 4.04. The number of thioether (sulfide) groups is 1. The van der Waals surface area contributed by atoms with Crippen molar-refractivity contribution in [1.29, 1.82) is 0 Å². The molecular formula is C13H12ClFN2O2S. The van der Waals surface area contributed by atoms with Crippen LogP contribution in [0.15, 0.2) is 18.2 Å². The highest BCUT2D eigenvalue weighted by Crippen LogP contribution is 2.34. The second-order valence-corrected chi connectivity index (χ2v) is 6.42. The van der Waals surface area contributed by atoms with E-state index in [1.54, 1.807) is 17.8 Å². The van der Waals surface area contributed by atoms with Crippen molar-refractivity contribution < 1.29 is 14.0 Å². The second kappa shape index (κ2) is 4.93. The number of halogens is 2. The molecule has 0 saturated carbocycles. The number of hydrogen-bond acceptors (Lipinski definition) is 3. The van der Waals surface area contributed by atoms with E-state index in [9.17, 15) is 14.0 Å². The largest absolute Gasteiger partial charge is 0.325 e. The van der Waals surface area contributed by atoms with Crippen LogP contribution in [0.25, 0.3) is 0 Å². The van der Waals surface area contributed by atoms with Crippen LogP contribution in [-0.2, 0) is 11.3 Å². The smallest absolute Gasteiger partial charge is 0.322 e. The Labute approximate surface area is 124 Å². The second-order valence-electron chi connectivity index (χ2n) is 4.91. The summed E-state index contributed by atoms with van der Waals surface area (Å²) in [6.07, 6.45) is 0.615. The SMILES string of the molecule is O=C1N[C@@]2(CCSC2)C(=O)N1Cc1c(F)cccc1Cl. The highest BCUT2D eigenvalue weighted by Gasteiger charge is 2.52. The third kappa shape index (κ3) is 2.07. The Morgan fingerprint density at radius 1 is 1.45 bits per heavy atom. The first kappa shape index (κ1) is 13.7. The maximum absolute atomic E-state index is 13.8. The van der Waals surface area contributed by atoms with Gasteiger partial charge in [-0.2, -0.15) is 11.8 Å². The lowest BCUT2D eigenvalue weighted by Gasteiger charge is -2.19. The summed E-state index contributed by atoms with van der Waals surface area (Å²) < 4.78 is 13.8. The van der Waals surface area contributed by atoms with E-state index in [0.717, 1.165) is 10.7 Å². The summed E-state index contributed by atoms with van der Waals surface area (Å²) >= 11 is 7.57. The van der Waals surface area contributed by atoms with E-state index in [1.807, 2.05) is 0 Å². The van der Waals surface area contributed by atoms with Crippen LogP contribution in [0.2, 0.25) is 5.02 Å². The van der Waals surface area contributed by atoms with Gasteiger partial charge in [0, 0.05) is 16.3 Å². The zero-order valence-electron chi connectivity index (χ0n) is 10.5. The van der Waals surface area contributed by atoms with Crippen molar-refractivity contribution in [3.8, 4) is 0 Å². The van der Waals surface area contributed by atoms with Crippen molar-refractivity contribution in [1.82, 2.24) is 10.2 Å². The van der Waals surface area contributed by atoms with E-state index in [1.165, 1.54) is 12.1 Å². The minimum atomic E-state index is -0.806. The van der Waals surface area contributed by atoms with Crippen LogP contribution in [0.4, 0.5) is 9.18 Å². The molecule has 1 atom stereocenters. The van der Waals surface area contributed by atoms with Crippen LogP contribution in [0.1, 0.15) is 12.0 Å². The molecule has 0 aromatic heterocycles. The van der Waals surface area contributed by atoms with Crippen LogP contribution in [0.5, 0.6) is 0 Å². The maximum atomic E-state index is 13.8. The standard InChI is InChI=1S/C13H12ClFN2O2S/c14-9-2-1-3-10(15)8(9)6-17-11(18)13(16-12(17)19)4-5-20-7-13/h1-3H,4-7H2,(H,16,19)/t13-/m1/s1. The summed E-state index contributed by atoms with van der Waals surface area (Å²) in [5.41, 5.74) is -0.639. The quantitative estimate of drug-likeness (QED) is 0.853. The molecular weight excluding hydrogens is 303 g/mol. The van der Waals surface area contributed by atoms with Gasteiger partial charge in [0.2, 0.25) is 0 Å². The van der Waals surface area contributed by atoms with Crippen molar-refractivity contribution in [3.63, 3.8) is 0 Å². The van der Waals surface area contributed by atoms with Crippen LogP contribution < -0.4 is 5.32 Å². The molecule has 7 heteroatoms. The Bertz CT molecular complexity index is 569. The predicted octanol–water partition coefficient (Wildman–Crippen LogP) is 2.41. The number of carbonyl (C=O) groups excluding carboxylic acids is 2. The number of rotatable bonds is 2. The zero-order valence-corrected chi connectivity index (χ0v) is 12.1. The lowest BCUT2D eigenvalue weighted by Crippen LogP contribution is -2.46. The number of amides is 3. The average Bonchev–Trinajstić information content (AvgIpc) is 2.95. The minimum absolute atomic E-state index is 0.136. The molecule has 1 aromatic rings. The molecule has 1 spiro atoms. The van der Waals surface area contributed by atoms with Crippen molar-refractivity contribution in [3.05, 3.63) is 34.6 Å². The third-order valence-corrected chi connectivity index (χ3v) is 5.19. The maximum Gasteiger partial charge on any atom is 0.325 e. The third-order valence-electron chi connectivity index (χ3n) is 3.65. The molecule has 0 radical (unpaired) electrons. The normalized spacial score (nSPS) is 25.6. The fraction of sp³-hybridized carbons (Fsp3) is 0.385. The predicted molar refractivity (Wildman–Crippen MR) is 75.2 cm³/mol. The van der Waals surface area contributed by atoms with Crippen LogP contribution in [0.3, 0.4) is 0 Å². The van der Waals surface area contributed by atoms with Gasteiger partial charge in [-0.25, -0.2) is 9.18 Å². The molecule has 3 rings (SSSR count). The summed E-state index contributed by atoms with van der Waals surface area (Å²) in [6, 6.07) is 3.82. The lowest BCUT2D eigenvalue weighted by molar-refractivity contribution is -0.130. The van der Waals surface area contributed by atoms with Crippen LogP contribution in [-0.4, -0.2) is 33.9 Å². The molecule has 4 nitrogen and oxygen atoms in total. The zero-order chi connectivity index (χ0) is 14.3. The first-order valence-corrected chi connectivity index (χ1v) is 7.71. The van der Waals surface area contributed by atoms with Gasteiger partial charge in [-0.15, -0.1) is 0 Å². The Hall–Kier alpha value is -1.27. The van der Waals surface area contributed by atoms with Crippen molar-refractivity contribution in [2.24, 2.45) is 0 Å². The molecule has 3 amide bonds. The van der Waals surface area contributed by atoms with Gasteiger partial charge in [0.1, 0.15) is 11.4 Å². The van der Waals surface area contributed by atoms with E-state index < -0.39 is 17.4 Å². The monoisotopic (exact) mass is 314 g/mol. The van der Waals surface area contributed by atoms with E-state index in [-0.39, 0.29) is 23.0 Å². The van der Waals surface area contributed by atoms with Crippen molar-refractivity contribution >= 4 is 35.3 Å². The van der Waals surface area contributed by atoms with Crippen LogP contribution >= 0.6 is 23.4 Å². The number of hydrogen-bond donors (Lipinski definition) is 1. The molecule has 0 unspecified atom stereocenters. The van der Waals surface area contributed by atoms with Crippen molar-refractivity contribution in [2.75, 3.05) is 11.5 Å². The fourth-order valence-electron chi connectivity index (χ4n) is 2.49. The van der Waals surface area contributed by atoms with E-state index in [4.69, 9.17) is 11.6 Å².